The van der Waals surface area contributed by atoms with Crippen molar-refractivity contribution in [1.29, 1.82) is 0 Å². The second-order valence-electron chi connectivity index (χ2n) is 10.5. The Balaban J connectivity index is 1.34. The third kappa shape index (κ3) is 3.19. The predicted molar refractivity (Wildman–Crippen MR) is 117 cm³/mol. The summed E-state index contributed by atoms with van der Waals surface area (Å²) < 4.78 is 28.9. The summed E-state index contributed by atoms with van der Waals surface area (Å²) in [6, 6.07) is 2.82. The van der Waals surface area contributed by atoms with Crippen LogP contribution in [0.5, 0.6) is 0 Å². The number of aryl methyl sites for hydroxylation is 2. The smallest absolute Gasteiger partial charge is 0.243 e. The van der Waals surface area contributed by atoms with Gasteiger partial charge in [0, 0.05) is 32.2 Å². The van der Waals surface area contributed by atoms with Gasteiger partial charge < -0.3 is 0 Å². The van der Waals surface area contributed by atoms with Gasteiger partial charge in [-0.25, -0.2) is 8.42 Å². The van der Waals surface area contributed by atoms with E-state index in [9.17, 15) is 8.42 Å². The Hall–Kier alpha value is -0.910. The van der Waals surface area contributed by atoms with Gasteiger partial charge in [0.05, 0.1) is 4.90 Å². The fourth-order valence-corrected chi connectivity index (χ4v) is 9.43. The van der Waals surface area contributed by atoms with E-state index in [1.54, 1.807) is 4.31 Å². The number of piperazine rings is 1. The lowest BCUT2D eigenvalue weighted by Gasteiger charge is -2.58. The number of sulfonamides is 1. The molecular weight excluding hydrogens is 380 g/mol. The van der Waals surface area contributed by atoms with E-state index < -0.39 is 10.0 Å². The van der Waals surface area contributed by atoms with Gasteiger partial charge in [-0.1, -0.05) is 6.07 Å². The summed E-state index contributed by atoms with van der Waals surface area (Å²) in [5.41, 5.74) is 3.96. The van der Waals surface area contributed by atoms with Crippen LogP contribution < -0.4 is 0 Å². The minimum Gasteiger partial charge on any atom is -0.297 e. The Morgan fingerprint density at radius 3 is 1.72 bits per heavy atom. The van der Waals surface area contributed by atoms with Crippen LogP contribution >= 0.6 is 0 Å². The average Bonchev–Trinajstić information content (AvgIpc) is 2.66. The van der Waals surface area contributed by atoms with Crippen LogP contribution in [0.1, 0.15) is 54.4 Å². The summed E-state index contributed by atoms with van der Waals surface area (Å²) in [7, 11) is -3.44. The van der Waals surface area contributed by atoms with Gasteiger partial charge in [0.1, 0.15) is 0 Å². The first-order valence-electron chi connectivity index (χ1n) is 11.6. The molecule has 0 unspecified atom stereocenters. The molecule has 1 aliphatic heterocycles. The van der Waals surface area contributed by atoms with E-state index in [0.29, 0.717) is 18.0 Å². The van der Waals surface area contributed by atoms with Crippen LogP contribution in [0.2, 0.25) is 0 Å². The van der Waals surface area contributed by atoms with Crippen molar-refractivity contribution in [1.82, 2.24) is 9.21 Å². The Morgan fingerprint density at radius 1 is 0.759 bits per heavy atom. The Kier molecular flexibility index (Phi) is 4.88. The number of benzene rings is 1. The number of hydrogen-bond acceptors (Lipinski definition) is 3. The largest absolute Gasteiger partial charge is 0.297 e. The minimum atomic E-state index is -3.44. The fourth-order valence-electron chi connectivity index (χ4n) is 7.43. The van der Waals surface area contributed by atoms with Crippen molar-refractivity contribution < 1.29 is 8.42 Å². The molecule has 0 amide bonds. The first-order chi connectivity index (χ1) is 13.8. The molecule has 4 bridgehead atoms. The van der Waals surface area contributed by atoms with Crippen molar-refractivity contribution in [2.24, 2.45) is 23.7 Å². The molecule has 0 N–H and O–H groups in total. The van der Waals surface area contributed by atoms with Crippen LogP contribution in [-0.4, -0.2) is 49.8 Å². The Labute approximate surface area is 176 Å². The van der Waals surface area contributed by atoms with E-state index in [1.165, 1.54) is 32.1 Å². The molecule has 5 heteroatoms. The lowest BCUT2D eigenvalue weighted by atomic mass is 9.54. The lowest BCUT2D eigenvalue weighted by molar-refractivity contribution is -0.0720. The summed E-state index contributed by atoms with van der Waals surface area (Å²) in [4.78, 5) is 3.22. The van der Waals surface area contributed by atoms with Gasteiger partial charge in [-0.15, -0.1) is 0 Å². The molecule has 0 spiro atoms. The first kappa shape index (κ1) is 20.0. The van der Waals surface area contributed by atoms with Gasteiger partial charge >= 0.3 is 0 Å². The second kappa shape index (κ2) is 7.06. The highest BCUT2D eigenvalue weighted by Crippen LogP contribution is 2.55. The Bertz CT molecular complexity index is 861. The molecule has 5 aliphatic rings. The summed E-state index contributed by atoms with van der Waals surface area (Å²) in [6.45, 7) is 11.0. The van der Waals surface area contributed by atoms with Gasteiger partial charge in [0.25, 0.3) is 0 Å². The van der Waals surface area contributed by atoms with Crippen molar-refractivity contribution in [3.05, 3.63) is 28.3 Å². The topological polar surface area (TPSA) is 40.6 Å². The van der Waals surface area contributed by atoms with Crippen molar-refractivity contribution in [2.45, 2.75) is 70.7 Å². The van der Waals surface area contributed by atoms with Crippen molar-refractivity contribution >= 4 is 10.0 Å². The molecule has 4 saturated carbocycles. The highest BCUT2D eigenvalue weighted by molar-refractivity contribution is 7.89. The maximum absolute atomic E-state index is 13.6. The van der Waals surface area contributed by atoms with Gasteiger partial charge in [-0.2, -0.15) is 4.31 Å². The highest BCUT2D eigenvalue weighted by Gasteiger charge is 2.50. The number of rotatable bonds is 3. The molecule has 4 nitrogen and oxygen atoms in total. The quantitative estimate of drug-likeness (QED) is 0.746. The summed E-state index contributed by atoms with van der Waals surface area (Å²) >= 11 is 0. The van der Waals surface area contributed by atoms with Crippen LogP contribution in [-0.2, 0) is 10.0 Å². The van der Waals surface area contributed by atoms with Crippen molar-refractivity contribution in [3.63, 3.8) is 0 Å². The zero-order valence-electron chi connectivity index (χ0n) is 18.4. The zero-order chi connectivity index (χ0) is 20.5. The van der Waals surface area contributed by atoms with Crippen molar-refractivity contribution in [3.8, 4) is 0 Å². The maximum Gasteiger partial charge on any atom is 0.243 e. The van der Waals surface area contributed by atoms with Gasteiger partial charge in [0.15, 0.2) is 0 Å². The average molecular weight is 417 g/mol. The molecule has 29 heavy (non-hydrogen) atoms. The van der Waals surface area contributed by atoms with Crippen LogP contribution in [0.25, 0.3) is 0 Å². The molecule has 1 aromatic carbocycles. The molecule has 0 atom stereocenters. The molecular formula is C24H36N2O2S. The maximum atomic E-state index is 13.6. The number of nitrogens with zero attached hydrogens (tertiary/aromatic N) is 2. The molecule has 1 heterocycles. The van der Waals surface area contributed by atoms with E-state index >= 15 is 0 Å². The van der Waals surface area contributed by atoms with E-state index in [1.807, 2.05) is 27.7 Å². The summed E-state index contributed by atoms with van der Waals surface area (Å²) in [6.07, 6.45) is 7.20. The monoisotopic (exact) mass is 416 g/mol. The van der Waals surface area contributed by atoms with Gasteiger partial charge in [-0.3, -0.25) is 4.90 Å². The van der Waals surface area contributed by atoms with E-state index in [4.69, 9.17) is 0 Å². The van der Waals surface area contributed by atoms with Crippen LogP contribution in [0.3, 0.4) is 0 Å². The molecule has 5 fully saturated rings. The number of hydrogen-bond donors (Lipinski definition) is 0. The third-order valence-corrected chi connectivity index (χ3v) is 10.9. The lowest BCUT2D eigenvalue weighted by Crippen LogP contribution is -2.60. The van der Waals surface area contributed by atoms with Crippen LogP contribution in [0, 0.1) is 51.4 Å². The Morgan fingerprint density at radius 2 is 1.24 bits per heavy atom. The molecule has 1 aromatic rings. The third-order valence-electron chi connectivity index (χ3n) is 8.77. The van der Waals surface area contributed by atoms with Crippen molar-refractivity contribution in [2.75, 3.05) is 26.2 Å². The zero-order valence-corrected chi connectivity index (χ0v) is 19.3. The molecule has 4 aliphatic carbocycles. The normalized spacial score (nSPS) is 35.4. The van der Waals surface area contributed by atoms with E-state index in [-0.39, 0.29) is 0 Å². The van der Waals surface area contributed by atoms with Gasteiger partial charge in [0.2, 0.25) is 10.0 Å². The minimum absolute atomic E-state index is 0.554. The van der Waals surface area contributed by atoms with Crippen LogP contribution in [0.4, 0.5) is 0 Å². The highest BCUT2D eigenvalue weighted by atomic mass is 32.2. The molecule has 0 aromatic heterocycles. The molecule has 6 rings (SSSR count). The molecule has 160 valence electrons. The van der Waals surface area contributed by atoms with E-state index in [0.717, 1.165) is 65.1 Å². The van der Waals surface area contributed by atoms with Crippen LogP contribution in [0.15, 0.2) is 11.0 Å². The second-order valence-corrected chi connectivity index (χ2v) is 12.3. The van der Waals surface area contributed by atoms with E-state index in [2.05, 4.69) is 11.0 Å². The summed E-state index contributed by atoms with van der Waals surface area (Å²) in [5.74, 6) is 3.73. The fraction of sp³-hybridized carbons (Fsp3) is 0.750. The van der Waals surface area contributed by atoms with Gasteiger partial charge in [-0.05, 0) is 106 Å². The summed E-state index contributed by atoms with van der Waals surface area (Å²) in [5, 5.41) is 0. The predicted octanol–water partition coefficient (Wildman–Crippen LogP) is 4.05. The molecule has 0 radical (unpaired) electrons. The SMILES string of the molecule is Cc1cc(C)c(C)c(S(=O)(=O)N2CCN(C3C4CC5CC(C4)CC3C5)CC2)c1C. The molecule has 1 saturated heterocycles. The first-order valence-corrected chi connectivity index (χ1v) is 13.0. The standard InChI is InChI=1S/C24H36N2O2S/c1-15-9-16(2)18(4)24(17(15)3)29(27,28)26-7-5-25(6-8-26)23-21-11-19-10-20(13-21)14-22(23)12-19/h9,19-23H,5-8,10-14H2,1-4H3.